The summed E-state index contributed by atoms with van der Waals surface area (Å²) in [6.45, 7) is 2.05. The number of halogens is 1. The van der Waals surface area contributed by atoms with Gasteiger partial charge in [0.05, 0.1) is 7.11 Å². The highest BCUT2D eigenvalue weighted by molar-refractivity contribution is 6.29. The van der Waals surface area contributed by atoms with Crippen LogP contribution >= 0.6 is 11.6 Å². The van der Waals surface area contributed by atoms with Crippen molar-refractivity contribution in [2.75, 3.05) is 24.9 Å². The molecule has 0 aliphatic carbocycles. The fraction of sp³-hybridized carbons (Fsp3) is 0.417. The van der Waals surface area contributed by atoms with Gasteiger partial charge in [-0.25, -0.2) is 0 Å². The molecule has 16 heavy (non-hydrogen) atoms. The first kappa shape index (κ1) is 12.8. The van der Waals surface area contributed by atoms with E-state index < -0.39 is 0 Å². The molecule has 0 bridgehead atoms. The maximum absolute atomic E-state index is 11.4. The van der Waals surface area contributed by atoms with Crippen LogP contribution in [0.2, 0.25) is 0 Å². The van der Waals surface area contributed by atoms with E-state index in [4.69, 9.17) is 16.3 Å². The SMILES string of the molecule is CCc1cc(N(C)C(=O)CCl)ccc1OC. The van der Waals surface area contributed by atoms with Crippen molar-refractivity contribution in [2.24, 2.45) is 0 Å². The molecule has 0 saturated carbocycles. The first-order chi connectivity index (χ1) is 7.63. The largest absolute Gasteiger partial charge is 0.496 e. The number of benzene rings is 1. The topological polar surface area (TPSA) is 29.5 Å². The van der Waals surface area contributed by atoms with Gasteiger partial charge in [-0.3, -0.25) is 4.79 Å². The van der Waals surface area contributed by atoms with Crippen molar-refractivity contribution >= 4 is 23.2 Å². The van der Waals surface area contributed by atoms with E-state index in [2.05, 4.69) is 0 Å². The number of methoxy groups -OCH3 is 1. The second kappa shape index (κ2) is 5.75. The predicted molar refractivity (Wildman–Crippen MR) is 66.5 cm³/mol. The monoisotopic (exact) mass is 241 g/mol. The zero-order valence-electron chi connectivity index (χ0n) is 9.79. The minimum Gasteiger partial charge on any atom is -0.496 e. The Bertz CT molecular complexity index is 379. The molecule has 1 aromatic carbocycles. The Morgan fingerprint density at radius 1 is 1.50 bits per heavy atom. The maximum Gasteiger partial charge on any atom is 0.241 e. The normalized spacial score (nSPS) is 10.0. The zero-order chi connectivity index (χ0) is 12.1. The molecule has 88 valence electrons. The van der Waals surface area contributed by atoms with Crippen LogP contribution in [0.25, 0.3) is 0 Å². The highest BCUT2D eigenvalue weighted by Gasteiger charge is 2.11. The smallest absolute Gasteiger partial charge is 0.241 e. The number of nitrogens with zero attached hydrogens (tertiary/aromatic N) is 1. The summed E-state index contributed by atoms with van der Waals surface area (Å²) in [5.74, 6) is 0.719. The number of rotatable bonds is 4. The van der Waals surface area contributed by atoms with Crippen LogP contribution in [0.1, 0.15) is 12.5 Å². The van der Waals surface area contributed by atoms with Crippen LogP contribution in [0.5, 0.6) is 5.75 Å². The summed E-state index contributed by atoms with van der Waals surface area (Å²) >= 11 is 5.51. The summed E-state index contributed by atoms with van der Waals surface area (Å²) in [5.41, 5.74) is 1.91. The molecular formula is C12H16ClNO2. The van der Waals surface area contributed by atoms with Gasteiger partial charge in [0.25, 0.3) is 0 Å². The van der Waals surface area contributed by atoms with Crippen molar-refractivity contribution in [3.63, 3.8) is 0 Å². The number of hydrogen-bond acceptors (Lipinski definition) is 2. The lowest BCUT2D eigenvalue weighted by molar-refractivity contribution is -0.116. The molecule has 1 rings (SSSR count). The lowest BCUT2D eigenvalue weighted by Crippen LogP contribution is -2.27. The first-order valence-electron chi connectivity index (χ1n) is 5.13. The summed E-state index contributed by atoms with van der Waals surface area (Å²) < 4.78 is 5.23. The van der Waals surface area contributed by atoms with Gasteiger partial charge in [-0.2, -0.15) is 0 Å². The van der Waals surface area contributed by atoms with Gasteiger partial charge < -0.3 is 9.64 Å². The average molecular weight is 242 g/mol. The molecule has 0 saturated heterocycles. The maximum atomic E-state index is 11.4. The number of amides is 1. The van der Waals surface area contributed by atoms with Gasteiger partial charge in [0.1, 0.15) is 11.6 Å². The lowest BCUT2D eigenvalue weighted by atomic mass is 10.1. The van der Waals surface area contributed by atoms with E-state index in [0.29, 0.717) is 0 Å². The Kier molecular flexibility index (Phi) is 4.62. The van der Waals surface area contributed by atoms with E-state index in [1.165, 1.54) is 0 Å². The number of anilines is 1. The van der Waals surface area contributed by atoms with E-state index >= 15 is 0 Å². The third-order valence-electron chi connectivity index (χ3n) is 2.52. The molecule has 0 radical (unpaired) electrons. The number of carbonyl (C=O) groups excluding carboxylic acids is 1. The van der Waals surface area contributed by atoms with Crippen LogP contribution in [0, 0.1) is 0 Å². The van der Waals surface area contributed by atoms with Gasteiger partial charge in [-0.15, -0.1) is 11.6 Å². The van der Waals surface area contributed by atoms with Crippen molar-refractivity contribution in [1.82, 2.24) is 0 Å². The van der Waals surface area contributed by atoms with Crippen LogP contribution in [0.15, 0.2) is 18.2 Å². The molecule has 4 heteroatoms. The van der Waals surface area contributed by atoms with Crippen LogP contribution in [-0.2, 0) is 11.2 Å². The molecule has 0 N–H and O–H groups in total. The number of hydrogen-bond donors (Lipinski definition) is 0. The second-order valence-electron chi connectivity index (χ2n) is 3.44. The van der Waals surface area contributed by atoms with E-state index in [9.17, 15) is 4.79 Å². The Hall–Kier alpha value is -1.22. The summed E-state index contributed by atoms with van der Waals surface area (Å²) in [6, 6.07) is 5.66. The average Bonchev–Trinajstić information content (AvgIpc) is 2.35. The fourth-order valence-corrected chi connectivity index (χ4v) is 1.66. The molecular weight excluding hydrogens is 226 g/mol. The van der Waals surface area contributed by atoms with Crippen molar-refractivity contribution in [2.45, 2.75) is 13.3 Å². The molecule has 0 spiro atoms. The Labute approximate surface area is 101 Å². The third-order valence-corrected chi connectivity index (χ3v) is 2.75. The van der Waals surface area contributed by atoms with Gasteiger partial charge >= 0.3 is 0 Å². The van der Waals surface area contributed by atoms with Crippen LogP contribution in [-0.4, -0.2) is 25.9 Å². The zero-order valence-corrected chi connectivity index (χ0v) is 10.5. The molecule has 3 nitrogen and oxygen atoms in total. The first-order valence-corrected chi connectivity index (χ1v) is 5.66. The number of carbonyl (C=O) groups is 1. The number of aryl methyl sites for hydroxylation is 1. The molecule has 1 aromatic rings. The predicted octanol–water partition coefficient (Wildman–Crippen LogP) is 2.46. The Morgan fingerprint density at radius 3 is 2.69 bits per heavy atom. The van der Waals surface area contributed by atoms with Gasteiger partial charge in [0.15, 0.2) is 0 Å². The summed E-state index contributed by atoms with van der Waals surface area (Å²) in [6.07, 6.45) is 0.861. The van der Waals surface area contributed by atoms with E-state index in [-0.39, 0.29) is 11.8 Å². The Balaban J connectivity index is 3.03. The number of alkyl halides is 1. The van der Waals surface area contributed by atoms with Gasteiger partial charge in [0, 0.05) is 12.7 Å². The minimum absolute atomic E-state index is 0.00993. The van der Waals surface area contributed by atoms with Crippen LogP contribution in [0.3, 0.4) is 0 Å². The molecule has 1 amide bonds. The summed E-state index contributed by atoms with van der Waals surface area (Å²) in [5, 5.41) is 0. The Morgan fingerprint density at radius 2 is 2.19 bits per heavy atom. The van der Waals surface area contributed by atoms with E-state index in [1.54, 1.807) is 19.1 Å². The highest BCUT2D eigenvalue weighted by Crippen LogP contribution is 2.25. The van der Waals surface area contributed by atoms with Gasteiger partial charge in [-0.05, 0) is 30.2 Å². The van der Waals surface area contributed by atoms with E-state index in [1.807, 2.05) is 25.1 Å². The third kappa shape index (κ3) is 2.67. The second-order valence-corrected chi connectivity index (χ2v) is 3.70. The standard InChI is InChI=1S/C12H16ClNO2/c1-4-9-7-10(5-6-11(9)16-3)14(2)12(15)8-13/h5-7H,4,8H2,1-3H3. The molecule has 0 heterocycles. The van der Waals surface area contributed by atoms with Gasteiger partial charge in [-0.1, -0.05) is 6.92 Å². The highest BCUT2D eigenvalue weighted by atomic mass is 35.5. The molecule has 0 atom stereocenters. The van der Waals surface area contributed by atoms with E-state index in [0.717, 1.165) is 23.4 Å². The molecule has 0 fully saturated rings. The molecule has 0 aliphatic rings. The van der Waals surface area contributed by atoms with Crippen LogP contribution in [0.4, 0.5) is 5.69 Å². The molecule has 0 aromatic heterocycles. The summed E-state index contributed by atoms with van der Waals surface area (Å²) in [4.78, 5) is 13.0. The quantitative estimate of drug-likeness (QED) is 0.758. The molecule has 0 aliphatic heterocycles. The number of ether oxygens (including phenoxy) is 1. The van der Waals surface area contributed by atoms with Crippen molar-refractivity contribution in [3.05, 3.63) is 23.8 Å². The van der Waals surface area contributed by atoms with Crippen molar-refractivity contribution < 1.29 is 9.53 Å². The van der Waals surface area contributed by atoms with Crippen LogP contribution < -0.4 is 9.64 Å². The fourth-order valence-electron chi connectivity index (χ4n) is 1.48. The van der Waals surface area contributed by atoms with Gasteiger partial charge in [0.2, 0.25) is 5.91 Å². The minimum atomic E-state index is -0.117. The van der Waals surface area contributed by atoms with Crippen molar-refractivity contribution in [1.29, 1.82) is 0 Å². The molecule has 0 unspecified atom stereocenters. The summed E-state index contributed by atoms with van der Waals surface area (Å²) in [7, 11) is 3.35. The van der Waals surface area contributed by atoms with Crippen molar-refractivity contribution in [3.8, 4) is 5.75 Å². The lowest BCUT2D eigenvalue weighted by Gasteiger charge is -2.18.